The van der Waals surface area contributed by atoms with Gasteiger partial charge in [0.1, 0.15) is 0 Å². The van der Waals surface area contributed by atoms with Crippen LogP contribution in [0, 0.1) is 0 Å². The summed E-state index contributed by atoms with van der Waals surface area (Å²) in [7, 11) is 0. The molecule has 1 N–H and O–H groups in total. The summed E-state index contributed by atoms with van der Waals surface area (Å²) in [6.07, 6.45) is 8.64. The van der Waals surface area contributed by atoms with Crippen LogP contribution in [0.3, 0.4) is 0 Å². The van der Waals surface area contributed by atoms with Crippen LogP contribution in [0.2, 0.25) is 0 Å². The average molecular weight is 239 g/mol. The van der Waals surface area contributed by atoms with Gasteiger partial charge < -0.3 is 0 Å². The number of hydrogen-bond acceptors (Lipinski definition) is 2. The SMILES string of the molecule is C=C(C)C(=O)NC(=O)CCCCCCCCC. The molecule has 17 heavy (non-hydrogen) atoms. The first-order chi connectivity index (χ1) is 8.07. The van der Waals surface area contributed by atoms with Crippen LogP contribution in [0.15, 0.2) is 12.2 Å². The minimum atomic E-state index is -0.363. The number of nitrogens with one attached hydrogen (secondary N) is 1. The Bertz CT molecular complexity index is 259. The molecule has 0 aliphatic heterocycles. The lowest BCUT2D eigenvalue weighted by Crippen LogP contribution is -2.30. The van der Waals surface area contributed by atoms with Crippen molar-refractivity contribution in [3.05, 3.63) is 12.2 Å². The molecule has 0 saturated carbocycles. The first-order valence-corrected chi connectivity index (χ1v) is 6.57. The largest absolute Gasteiger partial charge is 0.293 e. The molecule has 3 nitrogen and oxygen atoms in total. The summed E-state index contributed by atoms with van der Waals surface area (Å²) in [5, 5.41) is 2.31. The second kappa shape index (κ2) is 10.1. The molecule has 0 aromatic carbocycles. The van der Waals surface area contributed by atoms with Crippen LogP contribution < -0.4 is 5.32 Å². The lowest BCUT2D eigenvalue weighted by molar-refractivity contribution is -0.128. The van der Waals surface area contributed by atoms with Gasteiger partial charge in [0.25, 0.3) is 5.91 Å². The van der Waals surface area contributed by atoms with Gasteiger partial charge in [0, 0.05) is 12.0 Å². The molecule has 3 heteroatoms. The van der Waals surface area contributed by atoms with E-state index < -0.39 is 0 Å². The maximum Gasteiger partial charge on any atom is 0.252 e. The smallest absolute Gasteiger partial charge is 0.252 e. The molecule has 0 spiro atoms. The summed E-state index contributed by atoms with van der Waals surface area (Å²) >= 11 is 0. The van der Waals surface area contributed by atoms with Gasteiger partial charge >= 0.3 is 0 Å². The Kier molecular flexibility index (Phi) is 9.40. The number of hydrogen-bond donors (Lipinski definition) is 1. The minimum Gasteiger partial charge on any atom is -0.293 e. The van der Waals surface area contributed by atoms with Crippen LogP contribution in [-0.2, 0) is 9.59 Å². The standard InChI is InChI=1S/C14H25NO2/c1-4-5-6-7-8-9-10-11-13(16)15-14(17)12(2)3/h2,4-11H2,1,3H3,(H,15,16,17). The van der Waals surface area contributed by atoms with E-state index in [1.165, 1.54) is 32.1 Å². The van der Waals surface area contributed by atoms with E-state index in [2.05, 4.69) is 18.8 Å². The number of imide groups is 1. The first kappa shape index (κ1) is 15.9. The van der Waals surface area contributed by atoms with Gasteiger partial charge in [-0.3, -0.25) is 14.9 Å². The Morgan fingerprint density at radius 2 is 1.53 bits per heavy atom. The number of unbranched alkanes of at least 4 members (excludes halogenated alkanes) is 6. The van der Waals surface area contributed by atoms with Gasteiger partial charge in [-0.2, -0.15) is 0 Å². The highest BCUT2D eigenvalue weighted by Crippen LogP contribution is 2.08. The highest BCUT2D eigenvalue weighted by Gasteiger charge is 2.07. The second-order valence-electron chi connectivity index (χ2n) is 4.53. The Labute approximate surface area is 105 Å². The molecule has 0 unspecified atom stereocenters. The van der Waals surface area contributed by atoms with E-state index in [0.29, 0.717) is 12.0 Å². The van der Waals surface area contributed by atoms with Gasteiger partial charge in [0.2, 0.25) is 5.91 Å². The van der Waals surface area contributed by atoms with Gasteiger partial charge in [0.15, 0.2) is 0 Å². The van der Waals surface area contributed by atoms with Crippen molar-refractivity contribution in [3.8, 4) is 0 Å². The number of rotatable bonds is 9. The van der Waals surface area contributed by atoms with E-state index in [-0.39, 0.29) is 11.8 Å². The van der Waals surface area contributed by atoms with Crippen molar-refractivity contribution in [2.24, 2.45) is 0 Å². The van der Waals surface area contributed by atoms with E-state index in [1.54, 1.807) is 6.92 Å². The molecule has 0 aromatic rings. The summed E-state index contributed by atoms with van der Waals surface area (Å²) in [4.78, 5) is 22.4. The number of carbonyl (C=O) groups excluding carboxylic acids is 2. The molecule has 0 rings (SSSR count). The van der Waals surface area contributed by atoms with Gasteiger partial charge in [-0.25, -0.2) is 0 Å². The second-order valence-corrected chi connectivity index (χ2v) is 4.53. The zero-order valence-corrected chi connectivity index (χ0v) is 11.2. The summed E-state index contributed by atoms with van der Waals surface area (Å²) in [6, 6.07) is 0. The van der Waals surface area contributed by atoms with Gasteiger partial charge in [-0.05, 0) is 13.3 Å². The predicted octanol–water partition coefficient (Wildman–Crippen LogP) is 3.35. The third-order valence-electron chi connectivity index (χ3n) is 2.65. The normalized spacial score (nSPS) is 10.0. The minimum absolute atomic E-state index is 0.188. The van der Waals surface area contributed by atoms with Crippen molar-refractivity contribution >= 4 is 11.8 Å². The number of amides is 2. The van der Waals surface area contributed by atoms with Gasteiger partial charge in [-0.1, -0.05) is 52.0 Å². The summed E-state index contributed by atoms with van der Waals surface area (Å²) in [5.74, 6) is -0.551. The Morgan fingerprint density at radius 3 is 2.06 bits per heavy atom. The monoisotopic (exact) mass is 239 g/mol. The topological polar surface area (TPSA) is 46.2 Å². The molecule has 0 aliphatic rings. The molecule has 0 radical (unpaired) electrons. The third kappa shape index (κ3) is 9.79. The van der Waals surface area contributed by atoms with E-state index in [0.717, 1.165) is 12.8 Å². The lowest BCUT2D eigenvalue weighted by atomic mass is 10.1. The maximum absolute atomic E-state index is 11.3. The van der Waals surface area contributed by atoms with Crippen LogP contribution in [-0.4, -0.2) is 11.8 Å². The fourth-order valence-electron chi connectivity index (χ4n) is 1.54. The Balaban J connectivity index is 3.39. The van der Waals surface area contributed by atoms with Crippen molar-refractivity contribution in [1.82, 2.24) is 5.32 Å². The fraction of sp³-hybridized carbons (Fsp3) is 0.714. The van der Waals surface area contributed by atoms with Crippen LogP contribution in [0.1, 0.15) is 65.2 Å². The lowest BCUT2D eigenvalue weighted by Gasteiger charge is -2.03. The highest BCUT2D eigenvalue weighted by molar-refractivity contribution is 6.03. The van der Waals surface area contributed by atoms with Crippen molar-refractivity contribution in [2.75, 3.05) is 0 Å². The molecule has 98 valence electrons. The third-order valence-corrected chi connectivity index (χ3v) is 2.65. The van der Waals surface area contributed by atoms with Crippen molar-refractivity contribution in [1.29, 1.82) is 0 Å². The van der Waals surface area contributed by atoms with E-state index in [9.17, 15) is 9.59 Å². The Morgan fingerprint density at radius 1 is 1.00 bits per heavy atom. The van der Waals surface area contributed by atoms with Crippen LogP contribution >= 0.6 is 0 Å². The van der Waals surface area contributed by atoms with E-state index >= 15 is 0 Å². The molecule has 0 bridgehead atoms. The molecule has 0 atom stereocenters. The molecule has 0 fully saturated rings. The molecule has 0 aliphatic carbocycles. The van der Waals surface area contributed by atoms with E-state index in [1.807, 2.05) is 0 Å². The Hall–Kier alpha value is -1.12. The van der Waals surface area contributed by atoms with Crippen molar-refractivity contribution < 1.29 is 9.59 Å². The first-order valence-electron chi connectivity index (χ1n) is 6.57. The quantitative estimate of drug-likeness (QED) is 0.495. The maximum atomic E-state index is 11.3. The van der Waals surface area contributed by atoms with Crippen molar-refractivity contribution in [2.45, 2.75) is 65.2 Å². The zero-order valence-electron chi connectivity index (χ0n) is 11.2. The summed E-state index contributed by atoms with van der Waals surface area (Å²) < 4.78 is 0. The zero-order chi connectivity index (χ0) is 13.1. The number of carbonyl (C=O) groups is 2. The molecule has 0 saturated heterocycles. The molecule has 0 heterocycles. The molecule has 2 amide bonds. The van der Waals surface area contributed by atoms with Crippen LogP contribution in [0.25, 0.3) is 0 Å². The predicted molar refractivity (Wildman–Crippen MR) is 70.6 cm³/mol. The fourth-order valence-corrected chi connectivity index (χ4v) is 1.54. The summed E-state index contributed by atoms with van der Waals surface area (Å²) in [5.41, 5.74) is 0.373. The van der Waals surface area contributed by atoms with Gasteiger partial charge in [0.05, 0.1) is 0 Å². The van der Waals surface area contributed by atoms with Crippen molar-refractivity contribution in [3.63, 3.8) is 0 Å². The van der Waals surface area contributed by atoms with Gasteiger partial charge in [-0.15, -0.1) is 0 Å². The molecular formula is C14H25NO2. The molecule has 0 aromatic heterocycles. The summed E-state index contributed by atoms with van der Waals surface area (Å²) in [6.45, 7) is 7.27. The highest BCUT2D eigenvalue weighted by atomic mass is 16.2. The average Bonchev–Trinajstić information content (AvgIpc) is 2.27. The van der Waals surface area contributed by atoms with Crippen LogP contribution in [0.5, 0.6) is 0 Å². The van der Waals surface area contributed by atoms with Crippen LogP contribution in [0.4, 0.5) is 0 Å². The molecular weight excluding hydrogens is 214 g/mol. The van der Waals surface area contributed by atoms with E-state index in [4.69, 9.17) is 0 Å².